The minimum atomic E-state index is -1.15. The molecular formula is C47H72N4O5. The summed E-state index contributed by atoms with van der Waals surface area (Å²) in [6, 6.07) is 1.91. The van der Waals surface area contributed by atoms with Gasteiger partial charge >= 0.3 is 11.9 Å². The zero-order chi connectivity index (χ0) is 40.6. The van der Waals surface area contributed by atoms with Gasteiger partial charge in [0.05, 0.1) is 17.4 Å². The third kappa shape index (κ3) is 6.80. The number of hydrogen-bond acceptors (Lipinski definition) is 8. The van der Waals surface area contributed by atoms with E-state index in [1.165, 1.54) is 24.8 Å². The fraction of sp³-hybridized carbons (Fsp3) is 0.809. The molecule has 0 bridgehead atoms. The van der Waals surface area contributed by atoms with Crippen molar-refractivity contribution in [2.75, 3.05) is 33.7 Å². The minimum absolute atomic E-state index is 0.0642. The Hall–Kier alpha value is -2.65. The number of aliphatic carboxylic acids is 1. The Kier molecular flexibility index (Phi) is 10.8. The van der Waals surface area contributed by atoms with E-state index >= 15 is 0 Å². The Balaban J connectivity index is 1.13. The number of carbonyl (C=O) groups is 3. The highest BCUT2D eigenvalue weighted by atomic mass is 16.5. The standard InChI is InChI=1S/C47H72N4O5/c1-30(2)38-33(52)28-46(22-25-51(27-26-50(9)10)47(20-21-47)40-48-23-11-24-49-40)19-14-32-31(39(38)46)12-13-35-44(32,7)17-15-34-43(5,6)36(16-18-45(34,35)8)56-37(53)29-42(3,4)41(54)55/h11,23-24,30-32,34-36H,12-22,25-29H2,1-10H3,(H,54,55). The molecular weight excluding hydrogens is 701 g/mol. The highest BCUT2D eigenvalue weighted by Gasteiger charge is 2.67. The first-order valence-corrected chi connectivity index (χ1v) is 22.1. The summed E-state index contributed by atoms with van der Waals surface area (Å²) in [6.45, 7) is 20.4. The fourth-order valence-corrected chi connectivity index (χ4v) is 14.1. The maximum atomic E-state index is 14.3. The quantitative estimate of drug-likeness (QED) is 0.197. The third-order valence-electron chi connectivity index (χ3n) is 17.1. The van der Waals surface area contributed by atoms with Gasteiger partial charge in [-0.2, -0.15) is 0 Å². The van der Waals surface area contributed by atoms with Crippen LogP contribution in [0.4, 0.5) is 0 Å². The van der Waals surface area contributed by atoms with Crippen LogP contribution in [-0.4, -0.2) is 82.4 Å². The molecule has 1 N–H and O–H groups in total. The van der Waals surface area contributed by atoms with E-state index in [4.69, 9.17) is 14.7 Å². The van der Waals surface area contributed by atoms with Gasteiger partial charge in [-0.1, -0.05) is 47.1 Å². The summed E-state index contributed by atoms with van der Waals surface area (Å²) in [5.41, 5.74) is 1.53. The van der Waals surface area contributed by atoms with E-state index in [0.29, 0.717) is 35.9 Å². The number of likely N-dealkylation sites (N-methyl/N-ethyl adjacent to an activating group) is 1. The van der Waals surface area contributed by atoms with Crippen LogP contribution in [-0.2, 0) is 24.7 Å². The first-order valence-electron chi connectivity index (χ1n) is 22.1. The van der Waals surface area contributed by atoms with E-state index in [1.807, 2.05) is 18.5 Å². The maximum absolute atomic E-state index is 14.3. The Morgan fingerprint density at radius 2 is 1.57 bits per heavy atom. The number of nitrogens with zero attached hydrogens (tertiary/aromatic N) is 4. The van der Waals surface area contributed by atoms with Gasteiger partial charge in [-0.25, -0.2) is 9.97 Å². The molecule has 1 aromatic heterocycles. The molecule has 310 valence electrons. The lowest BCUT2D eigenvalue weighted by Crippen LogP contribution is -2.63. The second kappa shape index (κ2) is 14.6. The summed E-state index contributed by atoms with van der Waals surface area (Å²) < 4.78 is 6.20. The molecule has 7 rings (SSSR count). The fourth-order valence-electron chi connectivity index (χ4n) is 14.1. The number of carboxylic acid groups (broad SMARTS) is 1. The van der Waals surface area contributed by atoms with Crippen molar-refractivity contribution < 1.29 is 24.2 Å². The van der Waals surface area contributed by atoms with Gasteiger partial charge in [0.15, 0.2) is 5.78 Å². The van der Waals surface area contributed by atoms with Crippen molar-refractivity contribution in [2.24, 2.45) is 56.7 Å². The van der Waals surface area contributed by atoms with Gasteiger partial charge in [-0.3, -0.25) is 19.3 Å². The third-order valence-corrected chi connectivity index (χ3v) is 17.1. The number of esters is 1. The first-order chi connectivity index (χ1) is 26.2. The van der Waals surface area contributed by atoms with E-state index in [2.05, 4.69) is 65.4 Å². The van der Waals surface area contributed by atoms with E-state index in [1.54, 1.807) is 19.4 Å². The monoisotopic (exact) mass is 773 g/mol. The van der Waals surface area contributed by atoms with Crippen LogP contribution in [0.3, 0.4) is 0 Å². The normalized spacial score (nSPS) is 35.9. The van der Waals surface area contributed by atoms with Crippen molar-refractivity contribution in [1.29, 1.82) is 0 Å². The van der Waals surface area contributed by atoms with Crippen molar-refractivity contribution in [3.05, 3.63) is 35.4 Å². The van der Waals surface area contributed by atoms with E-state index in [9.17, 15) is 19.5 Å². The average Bonchev–Trinajstić information content (AvgIpc) is 3.86. The van der Waals surface area contributed by atoms with Crippen molar-refractivity contribution in [3.63, 3.8) is 0 Å². The molecule has 9 heteroatoms. The summed E-state index contributed by atoms with van der Waals surface area (Å²) in [5, 5.41) is 9.64. The number of ketones is 1. The lowest BCUT2D eigenvalue weighted by atomic mass is 9.36. The van der Waals surface area contributed by atoms with Crippen LogP contribution >= 0.6 is 0 Å². The number of Topliss-reactive ketones (excluding diaryl/α,β-unsaturated/α-hetero) is 1. The molecule has 0 spiro atoms. The van der Waals surface area contributed by atoms with Gasteiger partial charge in [-0.05, 0) is 151 Å². The second-order valence-corrected chi connectivity index (χ2v) is 21.7. The molecule has 5 fully saturated rings. The number of allylic oxidation sites excluding steroid dienone is 2. The molecule has 56 heavy (non-hydrogen) atoms. The molecule has 0 aromatic carbocycles. The minimum Gasteiger partial charge on any atom is -0.481 e. The van der Waals surface area contributed by atoms with Crippen LogP contribution in [0, 0.1) is 56.7 Å². The summed E-state index contributed by atoms with van der Waals surface area (Å²) in [6.07, 6.45) is 16.1. The molecule has 5 saturated carbocycles. The zero-order valence-electron chi connectivity index (χ0n) is 36.4. The van der Waals surface area contributed by atoms with Crippen molar-refractivity contribution >= 4 is 17.7 Å². The number of aromatic nitrogens is 2. The Morgan fingerprint density at radius 3 is 2.20 bits per heavy atom. The largest absolute Gasteiger partial charge is 0.481 e. The molecule has 8 unspecified atom stereocenters. The van der Waals surface area contributed by atoms with Crippen LogP contribution in [0.25, 0.3) is 0 Å². The molecule has 0 amide bonds. The van der Waals surface area contributed by atoms with Crippen LogP contribution in [0.2, 0.25) is 0 Å². The zero-order valence-corrected chi connectivity index (χ0v) is 36.4. The van der Waals surface area contributed by atoms with Crippen molar-refractivity contribution in [2.45, 2.75) is 151 Å². The highest BCUT2D eigenvalue weighted by Crippen LogP contribution is 2.73. The predicted molar refractivity (Wildman–Crippen MR) is 218 cm³/mol. The van der Waals surface area contributed by atoms with Crippen LogP contribution < -0.4 is 0 Å². The van der Waals surface area contributed by atoms with Gasteiger partial charge in [0.2, 0.25) is 0 Å². The number of ether oxygens (including phenoxy) is 1. The molecule has 0 aliphatic heterocycles. The van der Waals surface area contributed by atoms with Gasteiger partial charge in [0.25, 0.3) is 0 Å². The molecule has 1 heterocycles. The highest BCUT2D eigenvalue weighted by molar-refractivity contribution is 6.00. The number of rotatable bonds is 13. The smallest absolute Gasteiger partial charge is 0.309 e. The van der Waals surface area contributed by atoms with Crippen LogP contribution in [0.1, 0.15) is 145 Å². The van der Waals surface area contributed by atoms with Crippen molar-refractivity contribution in [1.82, 2.24) is 19.8 Å². The average molecular weight is 773 g/mol. The molecule has 8 atom stereocenters. The van der Waals surface area contributed by atoms with E-state index in [-0.39, 0.29) is 45.6 Å². The Morgan fingerprint density at radius 1 is 0.893 bits per heavy atom. The van der Waals surface area contributed by atoms with Gasteiger partial charge < -0.3 is 14.7 Å². The molecule has 9 nitrogen and oxygen atoms in total. The first kappa shape index (κ1) is 41.5. The van der Waals surface area contributed by atoms with E-state index in [0.717, 1.165) is 76.8 Å². The van der Waals surface area contributed by atoms with E-state index < -0.39 is 17.4 Å². The molecule has 0 saturated heterocycles. The van der Waals surface area contributed by atoms with Gasteiger partial charge in [0, 0.05) is 49.3 Å². The Bertz CT molecular complexity index is 1720. The molecule has 6 aliphatic carbocycles. The number of carboxylic acids is 1. The summed E-state index contributed by atoms with van der Waals surface area (Å²) in [5.74, 6) is 2.24. The van der Waals surface area contributed by atoms with Crippen LogP contribution in [0.5, 0.6) is 0 Å². The van der Waals surface area contributed by atoms with Gasteiger partial charge in [-0.15, -0.1) is 0 Å². The second-order valence-electron chi connectivity index (χ2n) is 21.7. The lowest BCUT2D eigenvalue weighted by Gasteiger charge is -2.69. The SMILES string of the molecule is CC(C)C1=C2C3CCC4C(C)(CCC5C(C)(C)C(OC(=O)CC(C)(C)C(=O)O)CCC54C)C3CCC2(CCN(CCN(C)C)C2(c3ncccn3)CC2)CC1=O. The molecule has 1 aromatic rings. The molecule has 0 radical (unpaired) electrons. The summed E-state index contributed by atoms with van der Waals surface area (Å²) in [7, 11) is 4.31. The summed E-state index contributed by atoms with van der Waals surface area (Å²) in [4.78, 5) is 53.7. The molecule has 6 aliphatic rings. The topological polar surface area (TPSA) is 113 Å². The lowest BCUT2D eigenvalue weighted by molar-refractivity contribution is -0.214. The number of hydrogen-bond donors (Lipinski definition) is 1. The van der Waals surface area contributed by atoms with Crippen molar-refractivity contribution in [3.8, 4) is 0 Å². The number of carbonyl (C=O) groups excluding carboxylic acids is 2. The summed E-state index contributed by atoms with van der Waals surface area (Å²) >= 11 is 0. The number of fused-ring (bicyclic) bond motifs is 7. The Labute approximate surface area is 337 Å². The van der Waals surface area contributed by atoms with Gasteiger partial charge in [0.1, 0.15) is 11.9 Å². The maximum Gasteiger partial charge on any atom is 0.309 e. The van der Waals surface area contributed by atoms with Crippen LogP contribution in [0.15, 0.2) is 29.6 Å². The predicted octanol–water partition coefficient (Wildman–Crippen LogP) is 8.72.